The van der Waals surface area contributed by atoms with Gasteiger partial charge in [-0.1, -0.05) is 12.8 Å². The number of primary amides is 1. The van der Waals surface area contributed by atoms with E-state index in [1.165, 1.54) is 12.8 Å². The molecule has 116 valence electrons. The molecule has 5 heteroatoms. The van der Waals surface area contributed by atoms with Gasteiger partial charge in [-0.3, -0.25) is 10.1 Å². The second-order valence-electron chi connectivity index (χ2n) is 5.68. The average molecular weight is 292 g/mol. The Morgan fingerprint density at radius 2 is 1.95 bits per heavy atom. The van der Waals surface area contributed by atoms with Crippen LogP contribution in [0.3, 0.4) is 0 Å². The van der Waals surface area contributed by atoms with E-state index in [4.69, 9.17) is 15.2 Å². The standard InChI is InChI=1S/C16H24N2O3/c1-16(15(17)19,18-11-6-4-5-7-11)13-9-8-12(20-2)10-14(13)21-3/h8-11,18H,4-7H2,1-3H3,(H2,17,19). The van der Waals surface area contributed by atoms with Crippen molar-refractivity contribution in [3.8, 4) is 11.5 Å². The number of carbonyl (C=O) groups excluding carboxylic acids is 1. The molecule has 0 heterocycles. The van der Waals surface area contributed by atoms with Crippen molar-refractivity contribution in [1.29, 1.82) is 0 Å². The molecule has 0 radical (unpaired) electrons. The molecule has 1 atom stereocenters. The number of methoxy groups -OCH3 is 2. The third-order valence-electron chi connectivity index (χ3n) is 4.29. The number of benzene rings is 1. The van der Waals surface area contributed by atoms with Crippen LogP contribution in [-0.2, 0) is 10.3 Å². The highest BCUT2D eigenvalue weighted by Crippen LogP contribution is 2.34. The average Bonchev–Trinajstić information content (AvgIpc) is 2.98. The molecule has 0 aromatic heterocycles. The Bertz CT molecular complexity index is 512. The van der Waals surface area contributed by atoms with Crippen LogP contribution < -0.4 is 20.5 Å². The molecule has 0 saturated heterocycles. The third kappa shape index (κ3) is 3.13. The number of carbonyl (C=O) groups is 1. The molecule has 1 aliphatic rings. The van der Waals surface area contributed by atoms with Gasteiger partial charge in [0.2, 0.25) is 5.91 Å². The van der Waals surface area contributed by atoms with Crippen LogP contribution in [0.4, 0.5) is 0 Å². The van der Waals surface area contributed by atoms with Crippen LogP contribution in [0.1, 0.15) is 38.2 Å². The van der Waals surface area contributed by atoms with Crippen LogP contribution >= 0.6 is 0 Å². The number of nitrogens with two attached hydrogens (primary N) is 1. The lowest BCUT2D eigenvalue weighted by Crippen LogP contribution is -2.53. The predicted molar refractivity (Wildman–Crippen MR) is 81.5 cm³/mol. The van der Waals surface area contributed by atoms with Gasteiger partial charge in [0.25, 0.3) is 0 Å². The van der Waals surface area contributed by atoms with Crippen LogP contribution in [-0.4, -0.2) is 26.2 Å². The zero-order chi connectivity index (χ0) is 15.5. The summed E-state index contributed by atoms with van der Waals surface area (Å²) in [5.74, 6) is 0.877. The van der Waals surface area contributed by atoms with E-state index in [0.29, 0.717) is 17.5 Å². The van der Waals surface area contributed by atoms with Crippen molar-refractivity contribution in [3.05, 3.63) is 23.8 Å². The fraction of sp³-hybridized carbons (Fsp3) is 0.562. The quantitative estimate of drug-likeness (QED) is 0.840. The fourth-order valence-electron chi connectivity index (χ4n) is 2.97. The van der Waals surface area contributed by atoms with Gasteiger partial charge in [-0.05, 0) is 31.9 Å². The summed E-state index contributed by atoms with van der Waals surface area (Å²) in [6, 6.07) is 5.74. The molecule has 1 aliphatic carbocycles. The molecular weight excluding hydrogens is 268 g/mol. The summed E-state index contributed by atoms with van der Waals surface area (Å²) in [5.41, 5.74) is 5.48. The summed E-state index contributed by atoms with van der Waals surface area (Å²) in [5, 5.41) is 3.42. The third-order valence-corrected chi connectivity index (χ3v) is 4.29. The zero-order valence-corrected chi connectivity index (χ0v) is 12.9. The van der Waals surface area contributed by atoms with Gasteiger partial charge in [-0.15, -0.1) is 0 Å². The molecule has 21 heavy (non-hydrogen) atoms. The summed E-state index contributed by atoms with van der Waals surface area (Å²) >= 11 is 0. The van der Waals surface area contributed by atoms with Crippen molar-refractivity contribution in [2.45, 2.75) is 44.2 Å². The summed E-state index contributed by atoms with van der Waals surface area (Å²) < 4.78 is 10.6. The lowest BCUT2D eigenvalue weighted by molar-refractivity contribution is -0.124. The molecule has 0 aliphatic heterocycles. The van der Waals surface area contributed by atoms with Gasteiger partial charge in [0, 0.05) is 17.7 Å². The Kier molecular flexibility index (Phi) is 4.73. The molecule has 1 aromatic rings. The van der Waals surface area contributed by atoms with Crippen LogP contribution in [0.15, 0.2) is 18.2 Å². The molecule has 1 saturated carbocycles. The molecule has 5 nitrogen and oxygen atoms in total. The summed E-state index contributed by atoms with van der Waals surface area (Å²) in [6.45, 7) is 1.82. The van der Waals surface area contributed by atoms with E-state index < -0.39 is 11.4 Å². The number of hydrogen-bond acceptors (Lipinski definition) is 4. The molecule has 1 unspecified atom stereocenters. The molecule has 3 N–H and O–H groups in total. The lowest BCUT2D eigenvalue weighted by atomic mass is 9.89. The highest BCUT2D eigenvalue weighted by molar-refractivity contribution is 5.86. The first-order chi connectivity index (χ1) is 10.0. The molecule has 1 aromatic carbocycles. The van der Waals surface area contributed by atoms with Crippen molar-refractivity contribution in [3.63, 3.8) is 0 Å². The lowest BCUT2D eigenvalue weighted by Gasteiger charge is -2.32. The molecule has 1 amide bonds. The fourth-order valence-corrected chi connectivity index (χ4v) is 2.97. The van der Waals surface area contributed by atoms with Crippen LogP contribution in [0.5, 0.6) is 11.5 Å². The Hall–Kier alpha value is -1.75. The minimum Gasteiger partial charge on any atom is -0.497 e. The first-order valence-corrected chi connectivity index (χ1v) is 7.31. The van der Waals surface area contributed by atoms with E-state index in [0.717, 1.165) is 18.4 Å². The van der Waals surface area contributed by atoms with Crippen LogP contribution in [0, 0.1) is 0 Å². The zero-order valence-electron chi connectivity index (χ0n) is 12.9. The maximum atomic E-state index is 12.1. The first-order valence-electron chi connectivity index (χ1n) is 7.31. The van der Waals surface area contributed by atoms with Gasteiger partial charge in [0.15, 0.2) is 0 Å². The van der Waals surface area contributed by atoms with Crippen LogP contribution in [0.25, 0.3) is 0 Å². The van der Waals surface area contributed by atoms with E-state index in [2.05, 4.69) is 5.32 Å². The summed E-state index contributed by atoms with van der Waals surface area (Å²) in [7, 11) is 3.17. The van der Waals surface area contributed by atoms with Gasteiger partial charge in [-0.2, -0.15) is 0 Å². The van der Waals surface area contributed by atoms with E-state index in [1.807, 2.05) is 19.1 Å². The van der Waals surface area contributed by atoms with Gasteiger partial charge < -0.3 is 15.2 Å². The predicted octanol–water partition coefficient (Wildman–Crippen LogP) is 1.94. The molecule has 1 fully saturated rings. The van der Waals surface area contributed by atoms with Gasteiger partial charge in [-0.25, -0.2) is 0 Å². The molecule has 0 bridgehead atoms. The molecule has 0 spiro atoms. The van der Waals surface area contributed by atoms with Gasteiger partial charge >= 0.3 is 0 Å². The van der Waals surface area contributed by atoms with Gasteiger partial charge in [0.05, 0.1) is 14.2 Å². The van der Waals surface area contributed by atoms with E-state index in [-0.39, 0.29) is 0 Å². The van der Waals surface area contributed by atoms with E-state index >= 15 is 0 Å². The summed E-state index contributed by atoms with van der Waals surface area (Å²) in [6.07, 6.45) is 4.52. The number of rotatable bonds is 6. The highest BCUT2D eigenvalue weighted by Gasteiger charge is 2.38. The molecular formula is C16H24N2O3. The van der Waals surface area contributed by atoms with Crippen molar-refractivity contribution < 1.29 is 14.3 Å². The first kappa shape index (κ1) is 15.6. The maximum Gasteiger partial charge on any atom is 0.242 e. The second kappa shape index (κ2) is 6.35. The number of hydrogen-bond donors (Lipinski definition) is 2. The Morgan fingerprint density at radius 3 is 2.48 bits per heavy atom. The molecule has 2 rings (SSSR count). The van der Waals surface area contributed by atoms with Crippen molar-refractivity contribution in [2.75, 3.05) is 14.2 Å². The topological polar surface area (TPSA) is 73.6 Å². The number of nitrogens with one attached hydrogen (secondary N) is 1. The minimum atomic E-state index is -0.952. The van der Waals surface area contributed by atoms with Crippen molar-refractivity contribution in [1.82, 2.24) is 5.32 Å². The highest BCUT2D eigenvalue weighted by atomic mass is 16.5. The minimum absolute atomic E-state index is 0.314. The van der Waals surface area contributed by atoms with Crippen molar-refractivity contribution in [2.24, 2.45) is 5.73 Å². The monoisotopic (exact) mass is 292 g/mol. The Balaban J connectivity index is 2.38. The number of amides is 1. The van der Waals surface area contributed by atoms with Crippen LogP contribution in [0.2, 0.25) is 0 Å². The normalized spacial score (nSPS) is 18.2. The van der Waals surface area contributed by atoms with E-state index in [9.17, 15) is 4.79 Å². The summed E-state index contributed by atoms with van der Waals surface area (Å²) in [4.78, 5) is 12.1. The SMILES string of the molecule is COc1ccc(C(C)(NC2CCCC2)C(N)=O)c(OC)c1. The largest absolute Gasteiger partial charge is 0.497 e. The van der Waals surface area contributed by atoms with Crippen molar-refractivity contribution >= 4 is 5.91 Å². The maximum absolute atomic E-state index is 12.1. The Labute approximate surface area is 125 Å². The smallest absolute Gasteiger partial charge is 0.242 e. The second-order valence-corrected chi connectivity index (χ2v) is 5.68. The van der Waals surface area contributed by atoms with E-state index in [1.54, 1.807) is 20.3 Å². The Morgan fingerprint density at radius 1 is 1.29 bits per heavy atom. The van der Waals surface area contributed by atoms with Gasteiger partial charge in [0.1, 0.15) is 17.0 Å². The number of ether oxygens (including phenoxy) is 2.